The molecule has 118 valence electrons. The fraction of sp³-hybridized carbons (Fsp3) is 0.333. The molecule has 1 aromatic carbocycles. The van der Waals surface area contributed by atoms with E-state index in [9.17, 15) is 0 Å². The van der Waals surface area contributed by atoms with Crippen molar-refractivity contribution in [3.8, 4) is 11.3 Å². The summed E-state index contributed by atoms with van der Waals surface area (Å²) in [6.07, 6.45) is 8.26. The van der Waals surface area contributed by atoms with E-state index in [0.717, 1.165) is 36.7 Å². The maximum Gasteiger partial charge on any atom is 0.209 e. The molecule has 1 unspecified atom stereocenters. The van der Waals surface area contributed by atoms with Crippen molar-refractivity contribution in [1.29, 1.82) is 0 Å². The van der Waals surface area contributed by atoms with Crippen LogP contribution in [0.5, 0.6) is 0 Å². The molecule has 1 saturated heterocycles. The second-order valence-corrected chi connectivity index (χ2v) is 6.06. The molecule has 1 aliphatic rings. The normalized spacial score (nSPS) is 18.6. The molecular formula is C18H20N4O. The zero-order valence-corrected chi connectivity index (χ0v) is 13.2. The molecule has 5 nitrogen and oxygen atoms in total. The SMILES string of the molecule is Cn1cc(C2CCCN2Cc2ncc(-c3ccccc3)o2)cn1. The van der Waals surface area contributed by atoms with E-state index in [-0.39, 0.29) is 0 Å². The van der Waals surface area contributed by atoms with Gasteiger partial charge in [0.05, 0.1) is 18.9 Å². The standard InChI is InChI=1S/C18H20N4O/c1-21-12-15(10-20-21)16-8-5-9-22(16)13-18-19-11-17(23-18)14-6-3-2-4-7-14/h2-4,6-7,10-12,16H,5,8-9,13H2,1H3. The summed E-state index contributed by atoms with van der Waals surface area (Å²) < 4.78 is 7.81. The minimum Gasteiger partial charge on any atom is -0.439 e. The maximum absolute atomic E-state index is 5.95. The van der Waals surface area contributed by atoms with E-state index in [0.29, 0.717) is 6.04 Å². The van der Waals surface area contributed by atoms with Gasteiger partial charge in [0, 0.05) is 30.4 Å². The largest absolute Gasteiger partial charge is 0.439 e. The highest BCUT2D eigenvalue weighted by molar-refractivity contribution is 5.55. The predicted octanol–water partition coefficient (Wildman–Crippen LogP) is 3.41. The first-order valence-electron chi connectivity index (χ1n) is 8.02. The average Bonchev–Trinajstić information content (AvgIpc) is 3.29. The number of benzene rings is 1. The first-order chi connectivity index (χ1) is 11.3. The zero-order chi connectivity index (χ0) is 15.6. The minimum atomic E-state index is 0.413. The minimum absolute atomic E-state index is 0.413. The Kier molecular flexibility index (Phi) is 3.71. The van der Waals surface area contributed by atoms with Crippen molar-refractivity contribution >= 4 is 0 Å². The zero-order valence-electron chi connectivity index (χ0n) is 13.2. The summed E-state index contributed by atoms with van der Waals surface area (Å²) in [6, 6.07) is 10.5. The number of hydrogen-bond acceptors (Lipinski definition) is 4. The molecule has 0 saturated carbocycles. The molecule has 23 heavy (non-hydrogen) atoms. The van der Waals surface area contributed by atoms with Crippen molar-refractivity contribution < 1.29 is 4.42 Å². The Bertz CT molecular complexity index is 777. The van der Waals surface area contributed by atoms with Crippen LogP contribution in [0.1, 0.15) is 30.3 Å². The molecule has 4 rings (SSSR count). The molecule has 5 heteroatoms. The van der Waals surface area contributed by atoms with Gasteiger partial charge in [-0.2, -0.15) is 5.10 Å². The van der Waals surface area contributed by atoms with Crippen molar-refractivity contribution in [2.45, 2.75) is 25.4 Å². The van der Waals surface area contributed by atoms with Gasteiger partial charge in [0.25, 0.3) is 0 Å². The van der Waals surface area contributed by atoms with E-state index in [1.54, 1.807) is 0 Å². The van der Waals surface area contributed by atoms with Crippen LogP contribution in [0.15, 0.2) is 53.3 Å². The lowest BCUT2D eigenvalue weighted by Crippen LogP contribution is -2.22. The van der Waals surface area contributed by atoms with Crippen molar-refractivity contribution in [1.82, 2.24) is 19.7 Å². The molecule has 0 aliphatic carbocycles. The van der Waals surface area contributed by atoms with Crippen molar-refractivity contribution in [3.05, 3.63) is 60.4 Å². The number of likely N-dealkylation sites (tertiary alicyclic amines) is 1. The van der Waals surface area contributed by atoms with Gasteiger partial charge in [-0.25, -0.2) is 4.98 Å². The summed E-state index contributed by atoms with van der Waals surface area (Å²) in [7, 11) is 1.96. The van der Waals surface area contributed by atoms with Crippen LogP contribution in [0, 0.1) is 0 Å². The van der Waals surface area contributed by atoms with Gasteiger partial charge in [-0.05, 0) is 19.4 Å². The van der Waals surface area contributed by atoms with Crippen molar-refractivity contribution in [2.75, 3.05) is 6.54 Å². The monoisotopic (exact) mass is 308 g/mol. The molecule has 3 aromatic rings. The van der Waals surface area contributed by atoms with E-state index < -0.39 is 0 Å². The van der Waals surface area contributed by atoms with Gasteiger partial charge in [-0.15, -0.1) is 0 Å². The lowest BCUT2D eigenvalue weighted by Gasteiger charge is -2.21. The van der Waals surface area contributed by atoms with Gasteiger partial charge in [-0.1, -0.05) is 30.3 Å². The molecule has 3 heterocycles. The van der Waals surface area contributed by atoms with E-state index in [2.05, 4.69) is 21.2 Å². The Hall–Kier alpha value is -2.40. The topological polar surface area (TPSA) is 47.1 Å². The van der Waals surface area contributed by atoms with Crippen LogP contribution < -0.4 is 0 Å². The van der Waals surface area contributed by atoms with Crippen LogP contribution in [-0.4, -0.2) is 26.2 Å². The summed E-state index contributed by atoms with van der Waals surface area (Å²) in [5.41, 5.74) is 2.34. The molecule has 1 fully saturated rings. The van der Waals surface area contributed by atoms with Crippen LogP contribution in [0.4, 0.5) is 0 Å². The summed E-state index contributed by atoms with van der Waals surface area (Å²) in [4.78, 5) is 6.89. The fourth-order valence-electron chi connectivity index (χ4n) is 3.30. The first-order valence-corrected chi connectivity index (χ1v) is 8.02. The molecular weight excluding hydrogens is 288 g/mol. The molecule has 1 atom stereocenters. The van der Waals surface area contributed by atoms with Crippen LogP contribution in [0.25, 0.3) is 11.3 Å². The number of nitrogens with zero attached hydrogens (tertiary/aromatic N) is 4. The van der Waals surface area contributed by atoms with E-state index in [4.69, 9.17) is 4.42 Å². The highest BCUT2D eigenvalue weighted by Crippen LogP contribution is 2.33. The second-order valence-electron chi connectivity index (χ2n) is 6.06. The fourth-order valence-corrected chi connectivity index (χ4v) is 3.30. The smallest absolute Gasteiger partial charge is 0.209 e. The quantitative estimate of drug-likeness (QED) is 0.741. The average molecular weight is 308 g/mol. The number of aromatic nitrogens is 3. The van der Waals surface area contributed by atoms with Gasteiger partial charge in [0.2, 0.25) is 5.89 Å². The Morgan fingerprint density at radius 1 is 1.22 bits per heavy atom. The van der Waals surface area contributed by atoms with Gasteiger partial charge in [-0.3, -0.25) is 9.58 Å². The van der Waals surface area contributed by atoms with Crippen molar-refractivity contribution in [2.24, 2.45) is 7.05 Å². The molecule has 1 aliphatic heterocycles. The lowest BCUT2D eigenvalue weighted by molar-refractivity contribution is 0.224. The first kappa shape index (κ1) is 14.2. The summed E-state index contributed by atoms with van der Waals surface area (Å²) in [6.45, 7) is 1.81. The highest BCUT2D eigenvalue weighted by Gasteiger charge is 2.28. The van der Waals surface area contributed by atoms with Gasteiger partial charge >= 0.3 is 0 Å². The molecule has 0 amide bonds. The van der Waals surface area contributed by atoms with Gasteiger partial charge < -0.3 is 4.42 Å². The summed E-state index contributed by atoms with van der Waals surface area (Å²) >= 11 is 0. The van der Waals surface area contributed by atoms with Gasteiger partial charge in [0.15, 0.2) is 5.76 Å². The Morgan fingerprint density at radius 3 is 2.87 bits per heavy atom. The van der Waals surface area contributed by atoms with E-state index >= 15 is 0 Å². The molecule has 0 spiro atoms. The predicted molar refractivity (Wildman–Crippen MR) is 87.5 cm³/mol. The number of oxazole rings is 1. The second kappa shape index (κ2) is 6.01. The number of aryl methyl sites for hydroxylation is 1. The maximum atomic E-state index is 5.95. The third-order valence-corrected chi connectivity index (χ3v) is 4.42. The molecule has 0 bridgehead atoms. The molecule has 0 radical (unpaired) electrons. The van der Waals surface area contributed by atoms with E-state index in [1.165, 1.54) is 12.0 Å². The van der Waals surface area contributed by atoms with E-state index in [1.807, 2.05) is 54.5 Å². The number of rotatable bonds is 4. The molecule has 2 aromatic heterocycles. The van der Waals surface area contributed by atoms with Crippen LogP contribution in [0.3, 0.4) is 0 Å². The lowest BCUT2D eigenvalue weighted by atomic mass is 10.1. The van der Waals surface area contributed by atoms with Crippen molar-refractivity contribution in [3.63, 3.8) is 0 Å². The van der Waals surface area contributed by atoms with Crippen LogP contribution in [-0.2, 0) is 13.6 Å². The Labute approximate surface area is 135 Å². The highest BCUT2D eigenvalue weighted by atomic mass is 16.4. The van der Waals surface area contributed by atoms with Gasteiger partial charge in [0.1, 0.15) is 0 Å². The van der Waals surface area contributed by atoms with Crippen LogP contribution in [0.2, 0.25) is 0 Å². The summed E-state index contributed by atoms with van der Waals surface area (Å²) in [5.74, 6) is 1.61. The number of hydrogen-bond donors (Lipinski definition) is 0. The van der Waals surface area contributed by atoms with Crippen LogP contribution >= 0.6 is 0 Å². The Morgan fingerprint density at radius 2 is 2.09 bits per heavy atom. The Balaban J connectivity index is 1.50. The molecule has 0 N–H and O–H groups in total. The summed E-state index contributed by atoms with van der Waals surface area (Å²) in [5, 5.41) is 4.30. The third-order valence-electron chi connectivity index (χ3n) is 4.42. The third kappa shape index (κ3) is 2.92.